The maximum atomic E-state index is 13.8. The van der Waals surface area contributed by atoms with E-state index >= 15 is 0 Å². The summed E-state index contributed by atoms with van der Waals surface area (Å²) >= 11 is 1.03. The van der Waals surface area contributed by atoms with Crippen molar-refractivity contribution in [2.75, 3.05) is 0 Å². The van der Waals surface area contributed by atoms with Crippen LogP contribution in [-0.4, -0.2) is 9.59 Å². The minimum atomic E-state index is -1.52. The zero-order chi connectivity index (χ0) is 15.1. The number of halogens is 3. The van der Waals surface area contributed by atoms with Crippen molar-refractivity contribution in [1.82, 2.24) is 9.59 Å². The third kappa shape index (κ3) is 2.55. The molecule has 20 heavy (non-hydrogen) atoms. The predicted octanol–water partition coefficient (Wildman–Crippen LogP) is 3.30. The van der Waals surface area contributed by atoms with Gasteiger partial charge in [-0.2, -0.15) is 0 Å². The average Bonchev–Trinajstić information content (AvgIpc) is 2.84. The van der Waals surface area contributed by atoms with Gasteiger partial charge in [-0.05, 0) is 17.6 Å². The maximum Gasteiger partial charge on any atom is 0.194 e. The van der Waals surface area contributed by atoms with Crippen molar-refractivity contribution in [3.8, 4) is 0 Å². The molecule has 0 fully saturated rings. The van der Waals surface area contributed by atoms with Crippen molar-refractivity contribution in [2.24, 2.45) is 5.73 Å². The van der Waals surface area contributed by atoms with Crippen LogP contribution in [0.5, 0.6) is 0 Å². The van der Waals surface area contributed by atoms with Gasteiger partial charge in [-0.15, -0.1) is 5.10 Å². The van der Waals surface area contributed by atoms with E-state index < -0.39 is 23.5 Å². The fraction of sp³-hybridized carbons (Fsp3) is 0.385. The van der Waals surface area contributed by atoms with Crippen LogP contribution in [0.3, 0.4) is 0 Å². The lowest BCUT2D eigenvalue weighted by atomic mass is 9.89. The summed E-state index contributed by atoms with van der Waals surface area (Å²) in [5, 5.41) is 4.00. The molecule has 1 aromatic carbocycles. The minimum Gasteiger partial charge on any atom is -0.319 e. The molecule has 0 aliphatic carbocycles. The number of nitrogens with two attached hydrogens (primary N) is 1. The Balaban J connectivity index is 2.50. The number of aromatic nitrogens is 2. The summed E-state index contributed by atoms with van der Waals surface area (Å²) < 4.78 is 43.9. The van der Waals surface area contributed by atoms with Crippen LogP contribution in [-0.2, 0) is 5.41 Å². The van der Waals surface area contributed by atoms with E-state index in [1.807, 2.05) is 20.8 Å². The highest BCUT2D eigenvalue weighted by molar-refractivity contribution is 7.05. The lowest BCUT2D eigenvalue weighted by Gasteiger charge is -2.20. The summed E-state index contributed by atoms with van der Waals surface area (Å²) in [6.07, 6.45) is 0. The highest BCUT2D eigenvalue weighted by Gasteiger charge is 2.28. The lowest BCUT2D eigenvalue weighted by molar-refractivity contribution is 0.438. The van der Waals surface area contributed by atoms with Crippen LogP contribution in [0.1, 0.15) is 42.9 Å². The van der Waals surface area contributed by atoms with Crippen molar-refractivity contribution >= 4 is 11.5 Å². The highest BCUT2D eigenvalue weighted by atomic mass is 32.1. The van der Waals surface area contributed by atoms with E-state index in [9.17, 15) is 13.2 Å². The van der Waals surface area contributed by atoms with Gasteiger partial charge >= 0.3 is 0 Å². The number of benzene rings is 1. The largest absolute Gasteiger partial charge is 0.319 e. The van der Waals surface area contributed by atoms with Crippen molar-refractivity contribution in [3.63, 3.8) is 0 Å². The molecule has 1 unspecified atom stereocenters. The van der Waals surface area contributed by atoms with Gasteiger partial charge in [-0.3, -0.25) is 0 Å². The van der Waals surface area contributed by atoms with Crippen LogP contribution >= 0.6 is 11.5 Å². The van der Waals surface area contributed by atoms with Crippen molar-refractivity contribution in [3.05, 3.63) is 45.7 Å². The summed E-state index contributed by atoms with van der Waals surface area (Å²) in [7, 11) is 0. The Morgan fingerprint density at radius 2 is 1.80 bits per heavy atom. The molecule has 7 heteroatoms. The van der Waals surface area contributed by atoms with Crippen LogP contribution in [0.4, 0.5) is 13.2 Å². The second kappa shape index (κ2) is 5.14. The van der Waals surface area contributed by atoms with Gasteiger partial charge in [0.25, 0.3) is 0 Å². The van der Waals surface area contributed by atoms with Gasteiger partial charge < -0.3 is 5.73 Å². The highest BCUT2D eigenvalue weighted by Crippen LogP contribution is 2.33. The normalized spacial score (nSPS) is 13.6. The van der Waals surface area contributed by atoms with Gasteiger partial charge in [-0.25, -0.2) is 13.2 Å². The Kier molecular flexibility index (Phi) is 3.84. The molecular formula is C13H14F3N3S. The van der Waals surface area contributed by atoms with Crippen LogP contribution < -0.4 is 5.73 Å². The predicted molar refractivity (Wildman–Crippen MR) is 71.0 cm³/mol. The third-order valence-electron chi connectivity index (χ3n) is 2.91. The van der Waals surface area contributed by atoms with Gasteiger partial charge in [0.05, 0.1) is 16.6 Å². The maximum absolute atomic E-state index is 13.8. The number of rotatable bonds is 2. The fourth-order valence-electron chi connectivity index (χ4n) is 1.84. The molecule has 0 bridgehead atoms. The second-order valence-corrected chi connectivity index (χ2v) is 6.26. The van der Waals surface area contributed by atoms with E-state index in [2.05, 4.69) is 9.59 Å². The SMILES string of the molecule is CC(C)(C)c1nnsc1C(N)c1ccc(F)c(F)c1F. The molecule has 0 spiro atoms. The van der Waals surface area contributed by atoms with Gasteiger partial charge in [0.2, 0.25) is 0 Å². The summed E-state index contributed by atoms with van der Waals surface area (Å²) in [5.74, 6) is -4.03. The van der Waals surface area contributed by atoms with Crippen molar-refractivity contribution in [1.29, 1.82) is 0 Å². The molecule has 0 amide bonds. The van der Waals surface area contributed by atoms with E-state index in [0.717, 1.165) is 23.7 Å². The summed E-state index contributed by atoms with van der Waals surface area (Å²) in [5.41, 5.74) is 6.17. The van der Waals surface area contributed by atoms with Gasteiger partial charge in [0.15, 0.2) is 17.5 Å². The topological polar surface area (TPSA) is 51.8 Å². The van der Waals surface area contributed by atoms with Crippen LogP contribution in [0.25, 0.3) is 0 Å². The monoisotopic (exact) mass is 301 g/mol. The number of hydrogen-bond acceptors (Lipinski definition) is 4. The van der Waals surface area contributed by atoms with Crippen LogP contribution in [0.15, 0.2) is 12.1 Å². The van der Waals surface area contributed by atoms with Gasteiger partial charge in [0.1, 0.15) is 0 Å². The minimum absolute atomic E-state index is 0.111. The van der Waals surface area contributed by atoms with Gasteiger partial charge in [-0.1, -0.05) is 31.3 Å². The van der Waals surface area contributed by atoms with E-state index in [-0.39, 0.29) is 11.0 Å². The Morgan fingerprint density at radius 3 is 2.40 bits per heavy atom. The van der Waals surface area contributed by atoms with E-state index in [4.69, 9.17) is 5.73 Å². The van der Waals surface area contributed by atoms with E-state index in [0.29, 0.717) is 10.6 Å². The number of hydrogen-bond donors (Lipinski definition) is 1. The first-order chi connectivity index (χ1) is 9.23. The molecular weight excluding hydrogens is 287 g/mol. The Morgan fingerprint density at radius 1 is 1.15 bits per heavy atom. The molecule has 108 valence electrons. The molecule has 0 saturated heterocycles. The van der Waals surface area contributed by atoms with Crippen molar-refractivity contribution < 1.29 is 13.2 Å². The molecule has 1 aromatic heterocycles. The van der Waals surface area contributed by atoms with Crippen LogP contribution in [0.2, 0.25) is 0 Å². The summed E-state index contributed by atoms with van der Waals surface area (Å²) in [4.78, 5) is 0.544. The first-order valence-electron chi connectivity index (χ1n) is 5.95. The molecule has 0 aliphatic rings. The summed E-state index contributed by atoms with van der Waals surface area (Å²) in [6.45, 7) is 5.75. The third-order valence-corrected chi connectivity index (χ3v) is 3.71. The fourth-order valence-corrected chi connectivity index (χ4v) is 2.73. The van der Waals surface area contributed by atoms with Gasteiger partial charge in [0, 0.05) is 11.0 Å². The molecule has 2 N–H and O–H groups in total. The summed E-state index contributed by atoms with van der Waals surface area (Å²) in [6, 6.07) is 1.07. The van der Waals surface area contributed by atoms with E-state index in [1.165, 1.54) is 0 Å². The molecule has 0 saturated carbocycles. The molecule has 1 atom stereocenters. The standard InChI is InChI=1S/C13H14F3N3S/c1-13(2,3)12-11(20-19-18-12)10(17)6-4-5-7(14)9(16)8(6)15/h4-5,10H,17H2,1-3H3. The zero-order valence-electron chi connectivity index (χ0n) is 11.2. The Labute approximate surface area is 118 Å². The first-order valence-corrected chi connectivity index (χ1v) is 6.72. The molecule has 0 radical (unpaired) electrons. The smallest absolute Gasteiger partial charge is 0.194 e. The molecule has 1 heterocycles. The molecule has 2 aromatic rings. The number of nitrogens with zero attached hydrogens (tertiary/aromatic N) is 2. The first kappa shape index (κ1) is 14.9. The Hall–Kier alpha value is -1.47. The van der Waals surface area contributed by atoms with Crippen LogP contribution in [0, 0.1) is 17.5 Å². The Bertz CT molecular complexity index is 634. The quantitative estimate of drug-likeness (QED) is 0.866. The second-order valence-electron chi connectivity index (χ2n) is 5.48. The average molecular weight is 301 g/mol. The van der Waals surface area contributed by atoms with E-state index in [1.54, 1.807) is 0 Å². The van der Waals surface area contributed by atoms with Crippen molar-refractivity contribution in [2.45, 2.75) is 32.2 Å². The zero-order valence-corrected chi connectivity index (χ0v) is 12.1. The molecule has 0 aliphatic heterocycles. The lowest BCUT2D eigenvalue weighted by Crippen LogP contribution is -2.20. The molecule has 2 rings (SSSR count). The molecule has 3 nitrogen and oxygen atoms in total.